The van der Waals surface area contributed by atoms with Crippen molar-refractivity contribution in [2.75, 3.05) is 5.32 Å². The number of nitrogens with one attached hydrogen (secondary N) is 1. The van der Waals surface area contributed by atoms with E-state index in [1.54, 1.807) is 0 Å². The predicted molar refractivity (Wildman–Crippen MR) is 51.5 cm³/mol. The molecule has 0 aliphatic rings. The van der Waals surface area contributed by atoms with Gasteiger partial charge in [0.1, 0.15) is 5.82 Å². The Morgan fingerprint density at radius 3 is 2.77 bits per heavy atom. The van der Waals surface area contributed by atoms with Crippen molar-refractivity contribution >= 4 is 23.0 Å². The van der Waals surface area contributed by atoms with Crippen LogP contribution in [0.4, 0.5) is 10.1 Å². The summed E-state index contributed by atoms with van der Waals surface area (Å²) in [5, 5.41) is 10.9. The Labute approximate surface area is 80.0 Å². The molecule has 1 rings (SSSR count). The van der Waals surface area contributed by atoms with E-state index in [4.69, 9.17) is 11.0 Å². The second kappa shape index (κ2) is 3.83. The van der Waals surface area contributed by atoms with E-state index in [9.17, 15) is 4.39 Å². The molecule has 13 heavy (non-hydrogen) atoms. The minimum atomic E-state index is -0.549. The molecule has 0 unspecified atom stereocenters. The molecule has 3 N–H and O–H groups in total. The smallest absolute Gasteiger partial charge is 0.168 e. The first kappa shape index (κ1) is 9.42. The van der Waals surface area contributed by atoms with Gasteiger partial charge < -0.3 is 11.1 Å². The van der Waals surface area contributed by atoms with Crippen molar-refractivity contribution in [3.63, 3.8) is 0 Å². The zero-order chi connectivity index (χ0) is 9.84. The van der Waals surface area contributed by atoms with Gasteiger partial charge >= 0.3 is 0 Å². The Bertz CT molecular complexity index is 383. The van der Waals surface area contributed by atoms with Gasteiger partial charge in [-0.25, -0.2) is 4.39 Å². The second-order valence-electron chi connectivity index (χ2n) is 2.30. The number of hydrogen-bond donors (Lipinski definition) is 2. The molecule has 0 spiro atoms. The molecule has 0 fully saturated rings. The SMILES string of the molecule is N#Cc1ccc(NC(N)=S)c(F)c1. The maximum atomic E-state index is 13.1. The molecule has 0 saturated heterocycles. The van der Waals surface area contributed by atoms with E-state index in [-0.39, 0.29) is 16.4 Å². The summed E-state index contributed by atoms with van der Waals surface area (Å²) in [4.78, 5) is 0. The van der Waals surface area contributed by atoms with Crippen molar-refractivity contribution < 1.29 is 4.39 Å². The zero-order valence-corrected chi connectivity index (χ0v) is 7.36. The third kappa shape index (κ3) is 2.39. The zero-order valence-electron chi connectivity index (χ0n) is 6.54. The summed E-state index contributed by atoms with van der Waals surface area (Å²) in [5.41, 5.74) is 5.58. The van der Waals surface area contributed by atoms with E-state index in [0.717, 1.165) is 6.07 Å². The number of halogens is 1. The number of nitrogens with zero attached hydrogens (tertiary/aromatic N) is 1. The highest BCUT2D eigenvalue weighted by Crippen LogP contribution is 2.14. The van der Waals surface area contributed by atoms with Crippen LogP contribution in [0.25, 0.3) is 0 Å². The van der Waals surface area contributed by atoms with Crippen LogP contribution >= 0.6 is 12.2 Å². The first-order valence-electron chi connectivity index (χ1n) is 3.39. The molecular weight excluding hydrogens is 189 g/mol. The largest absolute Gasteiger partial charge is 0.376 e. The lowest BCUT2D eigenvalue weighted by Gasteiger charge is -2.04. The van der Waals surface area contributed by atoms with Crippen LogP contribution in [0.5, 0.6) is 0 Å². The first-order chi connectivity index (χ1) is 6.13. The van der Waals surface area contributed by atoms with Crippen LogP contribution in [0, 0.1) is 17.1 Å². The Hall–Kier alpha value is -1.67. The van der Waals surface area contributed by atoms with Gasteiger partial charge in [-0.15, -0.1) is 0 Å². The van der Waals surface area contributed by atoms with Crippen molar-refractivity contribution in [1.82, 2.24) is 0 Å². The number of nitriles is 1. The van der Waals surface area contributed by atoms with E-state index in [0.29, 0.717) is 0 Å². The minimum absolute atomic E-state index is 0.0105. The molecule has 0 aliphatic carbocycles. The molecule has 0 aromatic heterocycles. The topological polar surface area (TPSA) is 61.8 Å². The van der Waals surface area contributed by atoms with Crippen molar-refractivity contribution in [3.05, 3.63) is 29.6 Å². The average molecular weight is 195 g/mol. The number of benzene rings is 1. The third-order valence-corrected chi connectivity index (χ3v) is 1.46. The van der Waals surface area contributed by atoms with E-state index in [2.05, 4.69) is 17.5 Å². The lowest BCUT2D eigenvalue weighted by atomic mass is 10.2. The standard InChI is InChI=1S/C8H6FN3S/c9-6-3-5(4-10)1-2-7(6)12-8(11)13/h1-3H,(H3,11,12,13). The Morgan fingerprint density at radius 2 is 2.31 bits per heavy atom. The summed E-state index contributed by atoms with van der Waals surface area (Å²) >= 11 is 4.53. The molecule has 0 amide bonds. The van der Waals surface area contributed by atoms with Gasteiger partial charge in [-0.2, -0.15) is 5.26 Å². The number of anilines is 1. The van der Waals surface area contributed by atoms with Gasteiger partial charge in [0.2, 0.25) is 0 Å². The summed E-state index contributed by atoms with van der Waals surface area (Å²) in [6, 6.07) is 5.81. The van der Waals surface area contributed by atoms with Gasteiger partial charge in [0.15, 0.2) is 5.11 Å². The molecule has 3 nitrogen and oxygen atoms in total. The number of hydrogen-bond acceptors (Lipinski definition) is 2. The quantitative estimate of drug-likeness (QED) is 0.664. The van der Waals surface area contributed by atoms with Crippen molar-refractivity contribution in [2.24, 2.45) is 5.73 Å². The van der Waals surface area contributed by atoms with Gasteiger partial charge in [-0.3, -0.25) is 0 Å². The van der Waals surface area contributed by atoms with E-state index >= 15 is 0 Å². The summed E-state index contributed by atoms with van der Waals surface area (Å²) in [6.45, 7) is 0. The second-order valence-corrected chi connectivity index (χ2v) is 2.74. The average Bonchev–Trinajstić information content (AvgIpc) is 2.08. The molecule has 1 aromatic carbocycles. The normalized spacial score (nSPS) is 8.92. The van der Waals surface area contributed by atoms with Crippen LogP contribution in [0.15, 0.2) is 18.2 Å². The summed E-state index contributed by atoms with van der Waals surface area (Å²) in [7, 11) is 0. The predicted octanol–water partition coefficient (Wildman–Crippen LogP) is 1.35. The Kier molecular flexibility index (Phi) is 2.77. The van der Waals surface area contributed by atoms with Crippen molar-refractivity contribution in [3.8, 4) is 6.07 Å². The fraction of sp³-hybridized carbons (Fsp3) is 0. The number of nitrogens with two attached hydrogens (primary N) is 1. The van der Waals surface area contributed by atoms with Gasteiger partial charge in [0, 0.05) is 0 Å². The Morgan fingerprint density at radius 1 is 1.62 bits per heavy atom. The monoisotopic (exact) mass is 195 g/mol. The van der Waals surface area contributed by atoms with Crippen LogP contribution < -0.4 is 11.1 Å². The van der Waals surface area contributed by atoms with Crippen molar-refractivity contribution in [1.29, 1.82) is 5.26 Å². The molecule has 0 bridgehead atoms. The molecule has 0 atom stereocenters. The first-order valence-corrected chi connectivity index (χ1v) is 3.80. The van der Waals surface area contributed by atoms with Crippen molar-refractivity contribution in [2.45, 2.75) is 0 Å². The third-order valence-electron chi connectivity index (χ3n) is 1.36. The fourth-order valence-corrected chi connectivity index (χ4v) is 0.929. The van der Waals surface area contributed by atoms with Crippen LogP contribution in [0.1, 0.15) is 5.56 Å². The molecule has 5 heteroatoms. The van der Waals surface area contributed by atoms with E-state index in [1.807, 2.05) is 6.07 Å². The molecule has 0 radical (unpaired) electrons. The molecule has 0 heterocycles. The van der Waals surface area contributed by atoms with Crippen LogP contribution in [0.3, 0.4) is 0 Å². The maximum absolute atomic E-state index is 13.1. The lowest BCUT2D eigenvalue weighted by molar-refractivity contribution is 0.631. The van der Waals surface area contributed by atoms with E-state index < -0.39 is 5.82 Å². The molecule has 66 valence electrons. The molecule has 0 saturated carbocycles. The van der Waals surface area contributed by atoms with Gasteiger partial charge in [0.25, 0.3) is 0 Å². The van der Waals surface area contributed by atoms with Gasteiger partial charge in [-0.05, 0) is 30.4 Å². The minimum Gasteiger partial charge on any atom is -0.376 e. The lowest BCUT2D eigenvalue weighted by Crippen LogP contribution is -2.19. The van der Waals surface area contributed by atoms with Crippen LogP contribution in [-0.2, 0) is 0 Å². The summed E-state index contributed by atoms with van der Waals surface area (Å²) < 4.78 is 13.1. The maximum Gasteiger partial charge on any atom is 0.168 e. The van der Waals surface area contributed by atoms with Crippen LogP contribution in [-0.4, -0.2) is 5.11 Å². The molecule has 0 aliphatic heterocycles. The van der Waals surface area contributed by atoms with Gasteiger partial charge in [-0.1, -0.05) is 0 Å². The summed E-state index contributed by atoms with van der Waals surface area (Å²) in [5.74, 6) is -0.549. The number of rotatable bonds is 1. The highest BCUT2D eigenvalue weighted by atomic mass is 32.1. The molecule has 1 aromatic rings. The Balaban J connectivity index is 3.00. The van der Waals surface area contributed by atoms with E-state index in [1.165, 1.54) is 12.1 Å². The highest BCUT2D eigenvalue weighted by molar-refractivity contribution is 7.80. The van der Waals surface area contributed by atoms with Crippen LogP contribution in [0.2, 0.25) is 0 Å². The highest BCUT2D eigenvalue weighted by Gasteiger charge is 2.02. The fourth-order valence-electron chi connectivity index (χ4n) is 0.819. The summed E-state index contributed by atoms with van der Waals surface area (Å²) in [6.07, 6.45) is 0. The molecular formula is C8H6FN3S. The number of thiocarbonyl (C=S) groups is 1. The van der Waals surface area contributed by atoms with Gasteiger partial charge in [0.05, 0.1) is 17.3 Å².